The molecular weight excluding hydrogens is 221 g/mol. The van der Waals surface area contributed by atoms with Crippen molar-refractivity contribution in [1.82, 2.24) is 5.32 Å². The van der Waals surface area contributed by atoms with Gasteiger partial charge in [-0.3, -0.25) is 4.79 Å². The molecule has 1 aromatic carbocycles. The molecule has 1 amide bonds. The molecule has 0 aromatic heterocycles. The Morgan fingerprint density at radius 1 is 1.41 bits per heavy atom. The van der Waals surface area contributed by atoms with E-state index in [4.69, 9.17) is 4.74 Å². The Balaban J connectivity index is 1.96. The van der Waals surface area contributed by atoms with Crippen molar-refractivity contribution in [2.75, 3.05) is 7.11 Å². The standard InChI is InChI=1S/C13H16FNO2/c1-17-10-7-6-9(8-10)15-13(16)11-4-2-3-5-12(11)14/h2-5,9-10H,6-8H2,1H3,(H,15,16). The van der Waals surface area contributed by atoms with Crippen LogP contribution in [0.25, 0.3) is 0 Å². The predicted molar refractivity (Wildman–Crippen MR) is 62.3 cm³/mol. The lowest BCUT2D eigenvalue weighted by Gasteiger charge is -2.13. The van der Waals surface area contributed by atoms with Crippen LogP contribution in [0.15, 0.2) is 24.3 Å². The quantitative estimate of drug-likeness (QED) is 0.874. The lowest BCUT2D eigenvalue weighted by molar-refractivity contribution is 0.0911. The summed E-state index contributed by atoms with van der Waals surface area (Å²) in [6, 6.07) is 6.11. The lowest BCUT2D eigenvalue weighted by atomic mass is 10.1. The lowest BCUT2D eigenvalue weighted by Crippen LogP contribution is -2.33. The fraction of sp³-hybridized carbons (Fsp3) is 0.462. The molecule has 92 valence electrons. The van der Waals surface area contributed by atoms with Crippen molar-refractivity contribution in [3.8, 4) is 0 Å². The SMILES string of the molecule is COC1CCC(NC(=O)c2ccccc2F)C1. The third-order valence-corrected chi connectivity index (χ3v) is 3.17. The molecule has 0 aliphatic heterocycles. The van der Waals surface area contributed by atoms with Crippen molar-refractivity contribution >= 4 is 5.91 Å². The number of carbonyl (C=O) groups excluding carboxylic acids is 1. The highest BCUT2D eigenvalue weighted by atomic mass is 19.1. The largest absolute Gasteiger partial charge is 0.381 e. The Bertz CT molecular complexity index is 408. The van der Waals surface area contributed by atoms with E-state index in [9.17, 15) is 9.18 Å². The minimum Gasteiger partial charge on any atom is -0.381 e. The van der Waals surface area contributed by atoms with E-state index in [1.54, 1.807) is 19.2 Å². The molecule has 1 aliphatic carbocycles. The minimum atomic E-state index is -0.480. The maximum atomic E-state index is 13.4. The number of nitrogens with one attached hydrogen (secondary N) is 1. The third kappa shape index (κ3) is 2.82. The predicted octanol–water partition coefficient (Wildman–Crippen LogP) is 2.12. The zero-order chi connectivity index (χ0) is 12.3. The van der Waals surface area contributed by atoms with Crippen LogP contribution in [0.3, 0.4) is 0 Å². The van der Waals surface area contributed by atoms with Crippen LogP contribution in [0.4, 0.5) is 4.39 Å². The molecule has 1 aromatic rings. The van der Waals surface area contributed by atoms with Gasteiger partial charge in [0, 0.05) is 13.2 Å². The Morgan fingerprint density at radius 3 is 2.82 bits per heavy atom. The molecule has 0 radical (unpaired) electrons. The molecule has 2 unspecified atom stereocenters. The van der Waals surface area contributed by atoms with Crippen LogP contribution < -0.4 is 5.32 Å². The van der Waals surface area contributed by atoms with Crippen LogP contribution in [0, 0.1) is 5.82 Å². The van der Waals surface area contributed by atoms with Crippen molar-refractivity contribution in [2.45, 2.75) is 31.4 Å². The van der Waals surface area contributed by atoms with Gasteiger partial charge in [-0.05, 0) is 31.4 Å². The smallest absolute Gasteiger partial charge is 0.254 e. The van der Waals surface area contributed by atoms with Crippen LogP contribution >= 0.6 is 0 Å². The molecule has 0 spiro atoms. The summed E-state index contributed by atoms with van der Waals surface area (Å²) in [7, 11) is 1.67. The molecule has 4 heteroatoms. The number of hydrogen-bond acceptors (Lipinski definition) is 2. The van der Waals surface area contributed by atoms with E-state index in [1.807, 2.05) is 0 Å². The summed E-state index contributed by atoms with van der Waals surface area (Å²) < 4.78 is 18.6. The first-order chi connectivity index (χ1) is 8.20. The van der Waals surface area contributed by atoms with Crippen molar-refractivity contribution in [3.05, 3.63) is 35.6 Å². The first-order valence-corrected chi connectivity index (χ1v) is 5.79. The minimum absolute atomic E-state index is 0.0899. The zero-order valence-corrected chi connectivity index (χ0v) is 9.78. The van der Waals surface area contributed by atoms with Crippen LogP contribution in [0.2, 0.25) is 0 Å². The summed E-state index contributed by atoms with van der Waals surface area (Å²) in [4.78, 5) is 11.8. The number of amides is 1. The Morgan fingerprint density at radius 2 is 2.18 bits per heavy atom. The van der Waals surface area contributed by atoms with Crippen molar-refractivity contribution in [1.29, 1.82) is 0 Å². The molecule has 0 heterocycles. The molecule has 1 saturated carbocycles. The van der Waals surface area contributed by atoms with E-state index in [0.29, 0.717) is 0 Å². The highest BCUT2D eigenvalue weighted by molar-refractivity contribution is 5.94. The molecule has 17 heavy (non-hydrogen) atoms. The number of halogens is 1. The van der Waals surface area contributed by atoms with Crippen LogP contribution in [-0.4, -0.2) is 25.2 Å². The first kappa shape index (κ1) is 12.0. The average molecular weight is 237 g/mol. The number of rotatable bonds is 3. The van der Waals surface area contributed by atoms with Gasteiger partial charge >= 0.3 is 0 Å². The Kier molecular flexibility index (Phi) is 3.74. The molecule has 2 atom stereocenters. The summed E-state index contributed by atoms with van der Waals surface area (Å²) in [5.74, 6) is -0.823. The second-order valence-corrected chi connectivity index (χ2v) is 4.32. The molecular formula is C13H16FNO2. The van der Waals surface area contributed by atoms with Gasteiger partial charge < -0.3 is 10.1 Å². The molecule has 0 saturated heterocycles. The van der Waals surface area contributed by atoms with E-state index in [1.165, 1.54) is 12.1 Å². The number of benzene rings is 1. The van der Waals surface area contributed by atoms with Gasteiger partial charge in [0.15, 0.2) is 0 Å². The maximum absolute atomic E-state index is 13.4. The van der Waals surface area contributed by atoms with Gasteiger partial charge in [0.05, 0.1) is 11.7 Å². The van der Waals surface area contributed by atoms with E-state index in [-0.39, 0.29) is 23.6 Å². The third-order valence-electron chi connectivity index (χ3n) is 3.17. The fourth-order valence-corrected chi connectivity index (χ4v) is 2.19. The molecule has 3 nitrogen and oxygen atoms in total. The Labute approximate surface area is 100.0 Å². The van der Waals surface area contributed by atoms with Gasteiger partial charge in [-0.25, -0.2) is 4.39 Å². The highest BCUT2D eigenvalue weighted by Gasteiger charge is 2.26. The topological polar surface area (TPSA) is 38.3 Å². The summed E-state index contributed by atoms with van der Waals surface area (Å²) in [5.41, 5.74) is 0.105. The summed E-state index contributed by atoms with van der Waals surface area (Å²) >= 11 is 0. The second-order valence-electron chi connectivity index (χ2n) is 4.32. The van der Waals surface area contributed by atoms with Gasteiger partial charge in [0.1, 0.15) is 5.82 Å². The normalized spacial score (nSPS) is 23.6. The van der Waals surface area contributed by atoms with Crippen molar-refractivity contribution in [3.63, 3.8) is 0 Å². The molecule has 0 bridgehead atoms. The van der Waals surface area contributed by atoms with Gasteiger partial charge in [0.2, 0.25) is 0 Å². The first-order valence-electron chi connectivity index (χ1n) is 5.79. The summed E-state index contributed by atoms with van der Waals surface area (Å²) in [5, 5.41) is 2.84. The van der Waals surface area contributed by atoms with E-state index in [2.05, 4.69) is 5.32 Å². The van der Waals surface area contributed by atoms with Crippen LogP contribution in [-0.2, 0) is 4.74 Å². The Hall–Kier alpha value is -1.42. The number of ether oxygens (including phenoxy) is 1. The van der Waals surface area contributed by atoms with Gasteiger partial charge in [-0.1, -0.05) is 12.1 Å². The van der Waals surface area contributed by atoms with Gasteiger partial charge in [0.25, 0.3) is 5.91 Å². The monoisotopic (exact) mass is 237 g/mol. The molecule has 2 rings (SSSR count). The highest BCUT2D eigenvalue weighted by Crippen LogP contribution is 2.21. The van der Waals surface area contributed by atoms with Crippen molar-refractivity contribution < 1.29 is 13.9 Å². The summed E-state index contributed by atoms with van der Waals surface area (Å²) in [6.45, 7) is 0. The van der Waals surface area contributed by atoms with E-state index in [0.717, 1.165) is 19.3 Å². The summed E-state index contributed by atoms with van der Waals surface area (Å²) in [6.07, 6.45) is 2.84. The van der Waals surface area contributed by atoms with E-state index < -0.39 is 5.82 Å². The maximum Gasteiger partial charge on any atom is 0.254 e. The number of carbonyl (C=O) groups is 1. The number of hydrogen-bond donors (Lipinski definition) is 1. The zero-order valence-electron chi connectivity index (χ0n) is 9.78. The molecule has 1 N–H and O–H groups in total. The van der Waals surface area contributed by atoms with Gasteiger partial charge in [-0.15, -0.1) is 0 Å². The average Bonchev–Trinajstić information content (AvgIpc) is 2.77. The molecule has 1 aliphatic rings. The van der Waals surface area contributed by atoms with Crippen LogP contribution in [0.1, 0.15) is 29.6 Å². The van der Waals surface area contributed by atoms with Gasteiger partial charge in [-0.2, -0.15) is 0 Å². The van der Waals surface area contributed by atoms with E-state index >= 15 is 0 Å². The molecule has 1 fully saturated rings. The van der Waals surface area contributed by atoms with Crippen LogP contribution in [0.5, 0.6) is 0 Å². The number of methoxy groups -OCH3 is 1. The van der Waals surface area contributed by atoms with Crippen molar-refractivity contribution in [2.24, 2.45) is 0 Å². The second kappa shape index (κ2) is 5.27. The fourth-order valence-electron chi connectivity index (χ4n) is 2.19.